The van der Waals surface area contributed by atoms with Gasteiger partial charge in [-0.1, -0.05) is 19.4 Å². The number of epoxide rings is 1. The van der Waals surface area contributed by atoms with Gasteiger partial charge in [0.15, 0.2) is 5.78 Å². The van der Waals surface area contributed by atoms with E-state index in [0.717, 1.165) is 31.3 Å². The molecule has 202 valence electrons. The molecule has 0 amide bonds. The van der Waals surface area contributed by atoms with Gasteiger partial charge in [0, 0.05) is 30.8 Å². The molecule has 2 aliphatic heterocycles. The Balaban J connectivity index is 1.35. The Kier molecular flexibility index (Phi) is 5.48. The second-order valence-electron chi connectivity index (χ2n) is 13.2. The molecule has 0 aromatic rings. The van der Waals surface area contributed by atoms with Gasteiger partial charge in [0.2, 0.25) is 0 Å². The first-order valence-electron chi connectivity index (χ1n) is 14.0. The highest BCUT2D eigenvalue weighted by Crippen LogP contribution is 2.73. The first-order chi connectivity index (χ1) is 17.4. The van der Waals surface area contributed by atoms with E-state index in [-0.39, 0.29) is 71.0 Å². The number of cyclic esters (lactones) is 1. The van der Waals surface area contributed by atoms with E-state index >= 15 is 0 Å². The number of rotatable bonds is 3. The van der Waals surface area contributed by atoms with Crippen LogP contribution < -0.4 is 0 Å². The number of allylic oxidation sites excluding steroid dienone is 1. The van der Waals surface area contributed by atoms with Crippen LogP contribution >= 0.6 is 0 Å². The van der Waals surface area contributed by atoms with E-state index in [1.807, 2.05) is 20.8 Å². The normalized spacial score (nSPS) is 50.9. The molecule has 1 N–H and O–H groups in total. The fourth-order valence-electron chi connectivity index (χ4n) is 9.91. The lowest BCUT2D eigenvalue weighted by Crippen LogP contribution is -2.63. The summed E-state index contributed by atoms with van der Waals surface area (Å²) >= 11 is 0. The monoisotopic (exact) mass is 512 g/mol. The molecule has 4 aliphatic carbocycles. The maximum Gasteiger partial charge on any atom is 0.333 e. The van der Waals surface area contributed by atoms with Crippen molar-refractivity contribution in [1.29, 1.82) is 0 Å². The van der Waals surface area contributed by atoms with Crippen molar-refractivity contribution in [1.82, 2.24) is 0 Å². The van der Waals surface area contributed by atoms with Gasteiger partial charge in [0.1, 0.15) is 23.9 Å². The first kappa shape index (κ1) is 25.3. The lowest BCUT2D eigenvalue weighted by atomic mass is 9.44. The molecular formula is C30H40O7. The zero-order valence-corrected chi connectivity index (χ0v) is 22.8. The van der Waals surface area contributed by atoms with Crippen molar-refractivity contribution >= 4 is 17.7 Å². The number of hydrogen-bond donors (Lipinski definition) is 1. The van der Waals surface area contributed by atoms with Gasteiger partial charge in [-0.05, 0) is 81.8 Å². The molecule has 0 aromatic heterocycles. The molecule has 0 radical (unpaired) electrons. The summed E-state index contributed by atoms with van der Waals surface area (Å²) in [6, 6.07) is 0. The van der Waals surface area contributed by atoms with E-state index in [2.05, 4.69) is 13.8 Å². The maximum atomic E-state index is 13.4. The topological polar surface area (TPSA) is 102 Å². The molecule has 1 saturated heterocycles. The molecule has 3 saturated carbocycles. The Hall–Kier alpha value is -1.99. The van der Waals surface area contributed by atoms with Gasteiger partial charge in [-0.25, -0.2) is 4.79 Å². The largest absolute Gasteiger partial charge is 0.462 e. The summed E-state index contributed by atoms with van der Waals surface area (Å²) in [6.45, 7) is 11.8. The minimum Gasteiger partial charge on any atom is -0.462 e. The molecule has 4 fully saturated rings. The van der Waals surface area contributed by atoms with Crippen molar-refractivity contribution in [3.8, 4) is 0 Å². The molecule has 12 atom stereocenters. The van der Waals surface area contributed by atoms with Gasteiger partial charge < -0.3 is 19.3 Å². The van der Waals surface area contributed by atoms with E-state index < -0.39 is 17.1 Å². The molecule has 1 spiro atoms. The van der Waals surface area contributed by atoms with Gasteiger partial charge in [-0.3, -0.25) is 9.59 Å². The van der Waals surface area contributed by atoms with Crippen molar-refractivity contribution in [3.05, 3.63) is 23.3 Å². The lowest BCUT2D eigenvalue weighted by molar-refractivity contribution is -0.162. The summed E-state index contributed by atoms with van der Waals surface area (Å²) in [5.74, 6) is 0.157. The predicted octanol–water partition coefficient (Wildman–Crippen LogP) is 3.92. The number of ether oxygens (including phenoxy) is 3. The quantitative estimate of drug-likeness (QED) is 0.452. The van der Waals surface area contributed by atoms with Crippen LogP contribution in [-0.2, 0) is 28.6 Å². The number of ketones is 1. The summed E-state index contributed by atoms with van der Waals surface area (Å²) in [4.78, 5) is 38.2. The van der Waals surface area contributed by atoms with Crippen LogP contribution in [0.15, 0.2) is 23.3 Å². The average Bonchev–Trinajstić information content (AvgIpc) is 3.49. The third-order valence-electron chi connectivity index (χ3n) is 11.9. The Morgan fingerprint density at radius 3 is 2.59 bits per heavy atom. The van der Waals surface area contributed by atoms with Crippen LogP contribution in [0.25, 0.3) is 0 Å². The smallest absolute Gasteiger partial charge is 0.333 e. The third kappa shape index (κ3) is 3.16. The number of aliphatic hydroxyl groups excluding tert-OH is 1. The Morgan fingerprint density at radius 2 is 1.92 bits per heavy atom. The number of aliphatic hydroxyl groups is 1. The van der Waals surface area contributed by atoms with Gasteiger partial charge >= 0.3 is 11.9 Å². The van der Waals surface area contributed by atoms with Crippen LogP contribution in [0.5, 0.6) is 0 Å². The standard InChI is InChI=1S/C30H40O7/c1-14-11-21(36-27(34)15(14)2)16(3)26-22(35-17(4)31)13-20-18-12-25-30(37-25)24(33)8-7-23(32)29(30,6)19(18)9-10-28(20,26)5/h7-8,16,18-22,24-26,33H,9-13H2,1-6H3/t16-,18-,19+,20+,21-,22-,24+,25-,26+,28+,29+,30-/m1/s1. The third-order valence-corrected chi connectivity index (χ3v) is 11.9. The van der Waals surface area contributed by atoms with E-state index in [4.69, 9.17) is 14.2 Å². The van der Waals surface area contributed by atoms with Crippen LogP contribution in [0.4, 0.5) is 0 Å². The second kappa shape index (κ2) is 8.01. The summed E-state index contributed by atoms with van der Waals surface area (Å²) < 4.78 is 18.2. The molecule has 6 aliphatic rings. The Labute approximate surface area is 219 Å². The summed E-state index contributed by atoms with van der Waals surface area (Å²) in [5, 5.41) is 10.9. The fourth-order valence-corrected chi connectivity index (χ4v) is 9.91. The van der Waals surface area contributed by atoms with Crippen molar-refractivity contribution < 1.29 is 33.7 Å². The number of hydrogen-bond acceptors (Lipinski definition) is 7. The summed E-state index contributed by atoms with van der Waals surface area (Å²) in [7, 11) is 0. The van der Waals surface area contributed by atoms with Crippen molar-refractivity contribution in [2.75, 3.05) is 0 Å². The lowest BCUT2D eigenvalue weighted by Gasteiger charge is -2.58. The zero-order chi connectivity index (χ0) is 26.7. The Bertz CT molecular complexity index is 1120. The van der Waals surface area contributed by atoms with Gasteiger partial charge in [-0.15, -0.1) is 0 Å². The van der Waals surface area contributed by atoms with Gasteiger partial charge in [0.25, 0.3) is 0 Å². The van der Waals surface area contributed by atoms with Crippen LogP contribution in [0, 0.1) is 40.4 Å². The summed E-state index contributed by atoms with van der Waals surface area (Å²) in [5.41, 5.74) is 0.0638. The average molecular weight is 513 g/mol. The van der Waals surface area contributed by atoms with Crippen molar-refractivity contribution in [2.24, 2.45) is 40.4 Å². The molecular weight excluding hydrogens is 472 g/mol. The molecule has 0 bridgehead atoms. The molecule has 37 heavy (non-hydrogen) atoms. The van der Waals surface area contributed by atoms with Crippen LogP contribution in [-0.4, -0.2) is 52.8 Å². The van der Waals surface area contributed by atoms with E-state index in [1.54, 1.807) is 12.2 Å². The van der Waals surface area contributed by atoms with E-state index in [0.29, 0.717) is 12.0 Å². The van der Waals surface area contributed by atoms with E-state index in [9.17, 15) is 19.5 Å². The fraction of sp³-hybridized carbons (Fsp3) is 0.767. The van der Waals surface area contributed by atoms with Crippen LogP contribution in [0.1, 0.15) is 73.6 Å². The number of fused-ring (bicyclic) bond motifs is 4. The maximum absolute atomic E-state index is 13.4. The van der Waals surface area contributed by atoms with Gasteiger partial charge in [-0.2, -0.15) is 0 Å². The van der Waals surface area contributed by atoms with Crippen molar-refractivity contribution in [2.45, 2.75) is 104 Å². The molecule has 7 nitrogen and oxygen atoms in total. The van der Waals surface area contributed by atoms with Crippen LogP contribution in [0.3, 0.4) is 0 Å². The molecule has 2 heterocycles. The highest BCUT2D eigenvalue weighted by atomic mass is 16.6. The minimum absolute atomic E-state index is 0.0133. The highest BCUT2D eigenvalue weighted by molar-refractivity contribution is 5.98. The number of carbonyl (C=O) groups is 3. The molecule has 0 aromatic carbocycles. The molecule has 6 rings (SSSR count). The van der Waals surface area contributed by atoms with E-state index in [1.165, 1.54) is 6.92 Å². The van der Waals surface area contributed by atoms with Gasteiger partial charge in [0.05, 0.1) is 11.5 Å². The summed E-state index contributed by atoms with van der Waals surface area (Å²) in [6.07, 6.45) is 5.74. The molecule has 0 unspecified atom stereocenters. The minimum atomic E-state index is -0.799. The van der Waals surface area contributed by atoms with Crippen molar-refractivity contribution in [3.63, 3.8) is 0 Å². The first-order valence-corrected chi connectivity index (χ1v) is 14.0. The zero-order valence-electron chi connectivity index (χ0n) is 22.8. The number of esters is 2. The number of carbonyl (C=O) groups excluding carboxylic acids is 3. The SMILES string of the molecule is CC(=O)O[C@@H]1C[C@H]2[C@@H]3C[C@H]4O[C@]45[C@@H](O)C=CC(=O)[C@]5(C)[C@H]3CC[C@]2(C)[C@H]1[C@H](C)[C@H]1CC(C)=C(C)C(=O)O1. The Morgan fingerprint density at radius 1 is 1.19 bits per heavy atom. The van der Waals surface area contributed by atoms with Crippen LogP contribution in [0.2, 0.25) is 0 Å². The second-order valence-corrected chi connectivity index (χ2v) is 13.2. The highest BCUT2D eigenvalue weighted by Gasteiger charge is 2.80. The molecule has 7 heteroatoms. The predicted molar refractivity (Wildman–Crippen MR) is 134 cm³/mol.